The molecular weight excluding hydrogens is 478 g/mol. The Morgan fingerprint density at radius 2 is 2.15 bits per heavy atom. The van der Waals surface area contributed by atoms with Gasteiger partial charge in [0.15, 0.2) is 5.65 Å². The van der Waals surface area contributed by atoms with Crippen LogP contribution in [-0.4, -0.2) is 39.1 Å². The lowest BCUT2D eigenvalue weighted by Crippen LogP contribution is -2.37. The summed E-state index contributed by atoms with van der Waals surface area (Å²) in [6.45, 7) is 5.98. The highest BCUT2D eigenvalue weighted by molar-refractivity contribution is 9.10. The third-order valence-corrected chi connectivity index (χ3v) is 6.71. The van der Waals surface area contributed by atoms with Gasteiger partial charge in [0.05, 0.1) is 29.2 Å². The van der Waals surface area contributed by atoms with Gasteiger partial charge in [0.1, 0.15) is 11.6 Å². The largest absolute Gasteiger partial charge is 0.468 e. The number of piperidine rings is 1. The van der Waals surface area contributed by atoms with Crippen LogP contribution in [0.1, 0.15) is 31.1 Å². The highest BCUT2D eigenvalue weighted by Gasteiger charge is 2.21. The van der Waals surface area contributed by atoms with Gasteiger partial charge in [0.2, 0.25) is 0 Å². The van der Waals surface area contributed by atoms with E-state index in [4.69, 9.17) is 9.40 Å². The molecule has 0 saturated carbocycles. The number of anilines is 1. The molecular formula is C26H28BrN5O. The molecule has 0 amide bonds. The Morgan fingerprint density at radius 1 is 1.24 bits per heavy atom. The van der Waals surface area contributed by atoms with Crippen LogP contribution < -0.4 is 5.32 Å². The first-order valence-electron chi connectivity index (χ1n) is 11.5. The molecule has 3 aromatic heterocycles. The van der Waals surface area contributed by atoms with E-state index in [2.05, 4.69) is 79.8 Å². The van der Waals surface area contributed by atoms with Crippen LogP contribution in [0, 0.1) is 5.92 Å². The summed E-state index contributed by atoms with van der Waals surface area (Å²) in [5, 5.41) is 8.23. The Morgan fingerprint density at radius 3 is 3.00 bits per heavy atom. The van der Waals surface area contributed by atoms with Crippen LogP contribution in [0.25, 0.3) is 23.0 Å². The van der Waals surface area contributed by atoms with E-state index in [9.17, 15) is 0 Å². The molecule has 6 nitrogen and oxygen atoms in total. The van der Waals surface area contributed by atoms with Gasteiger partial charge in [-0.25, -0.2) is 4.98 Å². The van der Waals surface area contributed by atoms with Crippen molar-refractivity contribution in [1.82, 2.24) is 19.5 Å². The standard InChI is InChI=1S/C26H28BrN5O/c1-2-7-20-9-3-4-11-22(20)24-14-25(32-26(30-24)23(27)16-29-32)28-15-19-8-5-12-31(17-19)18-21-10-6-13-33-21/h2-4,6-7,9-11,13-14,16,19,28H,5,8,12,15,17-18H2,1H3/b7-2-. The summed E-state index contributed by atoms with van der Waals surface area (Å²) in [7, 11) is 0. The van der Waals surface area contributed by atoms with Crippen LogP contribution in [0.5, 0.6) is 0 Å². The highest BCUT2D eigenvalue weighted by atomic mass is 79.9. The molecule has 5 rings (SSSR count). The average molecular weight is 506 g/mol. The summed E-state index contributed by atoms with van der Waals surface area (Å²) < 4.78 is 8.32. The molecule has 1 aromatic carbocycles. The first-order valence-corrected chi connectivity index (χ1v) is 12.3. The van der Waals surface area contributed by atoms with Crippen molar-refractivity contribution in [2.24, 2.45) is 5.92 Å². The van der Waals surface area contributed by atoms with Crippen LogP contribution in [0.4, 0.5) is 5.82 Å². The third kappa shape index (κ3) is 4.89. The smallest absolute Gasteiger partial charge is 0.172 e. The fourth-order valence-corrected chi connectivity index (χ4v) is 4.94. The number of fused-ring (bicyclic) bond motifs is 1. The van der Waals surface area contributed by atoms with E-state index in [0.29, 0.717) is 5.92 Å². The number of benzene rings is 1. The second-order valence-corrected chi connectivity index (χ2v) is 9.40. The number of hydrogen-bond donors (Lipinski definition) is 1. The van der Waals surface area contributed by atoms with Crippen molar-refractivity contribution in [1.29, 1.82) is 0 Å². The maximum absolute atomic E-state index is 5.55. The maximum Gasteiger partial charge on any atom is 0.172 e. The number of rotatable bonds is 7. The van der Waals surface area contributed by atoms with Crippen molar-refractivity contribution in [3.63, 3.8) is 0 Å². The number of allylic oxidation sites excluding steroid dienone is 1. The minimum Gasteiger partial charge on any atom is -0.468 e. The minimum atomic E-state index is 0.565. The van der Waals surface area contributed by atoms with Gasteiger partial charge in [0, 0.05) is 24.7 Å². The fraction of sp³-hybridized carbons (Fsp3) is 0.308. The topological polar surface area (TPSA) is 58.6 Å². The number of halogens is 1. The van der Waals surface area contributed by atoms with E-state index in [1.165, 1.54) is 12.8 Å². The lowest BCUT2D eigenvalue weighted by molar-refractivity contribution is 0.162. The summed E-state index contributed by atoms with van der Waals surface area (Å²) in [5.74, 6) is 2.55. The second-order valence-electron chi connectivity index (χ2n) is 8.55. The molecule has 4 heterocycles. The molecule has 4 aromatic rings. The summed E-state index contributed by atoms with van der Waals surface area (Å²) in [6, 6.07) is 14.5. The molecule has 7 heteroatoms. The van der Waals surface area contributed by atoms with Crippen LogP contribution >= 0.6 is 15.9 Å². The molecule has 0 spiro atoms. The normalized spacial score (nSPS) is 17.2. The molecule has 33 heavy (non-hydrogen) atoms. The summed E-state index contributed by atoms with van der Waals surface area (Å²) in [4.78, 5) is 7.40. The SMILES string of the molecule is C/C=C\c1ccccc1-c1cc(NCC2CCCN(Cc3ccco3)C2)n2ncc(Br)c2n1. The Kier molecular flexibility index (Phi) is 6.60. The van der Waals surface area contributed by atoms with Crippen molar-refractivity contribution in [3.05, 3.63) is 76.8 Å². The Balaban J connectivity index is 1.38. The molecule has 1 N–H and O–H groups in total. The average Bonchev–Trinajstić information content (AvgIpc) is 3.48. The molecule has 170 valence electrons. The van der Waals surface area contributed by atoms with Crippen molar-refractivity contribution >= 4 is 33.5 Å². The van der Waals surface area contributed by atoms with Crippen LogP contribution in [0.2, 0.25) is 0 Å². The predicted octanol–water partition coefficient (Wildman–Crippen LogP) is 6.11. The summed E-state index contributed by atoms with van der Waals surface area (Å²) in [5.41, 5.74) is 4.01. The number of aromatic nitrogens is 3. The monoisotopic (exact) mass is 505 g/mol. The molecule has 1 fully saturated rings. The van der Waals surface area contributed by atoms with E-state index in [-0.39, 0.29) is 0 Å². The van der Waals surface area contributed by atoms with Gasteiger partial charge in [-0.15, -0.1) is 0 Å². The van der Waals surface area contributed by atoms with Gasteiger partial charge in [0.25, 0.3) is 0 Å². The van der Waals surface area contributed by atoms with E-state index in [0.717, 1.165) is 64.7 Å². The number of furan rings is 1. The van der Waals surface area contributed by atoms with Crippen molar-refractivity contribution in [2.45, 2.75) is 26.3 Å². The quantitative estimate of drug-likeness (QED) is 0.328. The highest BCUT2D eigenvalue weighted by Crippen LogP contribution is 2.29. The van der Waals surface area contributed by atoms with Gasteiger partial charge in [-0.3, -0.25) is 4.90 Å². The number of nitrogens with one attached hydrogen (secondary N) is 1. The molecule has 1 aliphatic rings. The Hall–Kier alpha value is -2.90. The molecule has 0 radical (unpaired) electrons. The number of likely N-dealkylation sites (tertiary alicyclic amines) is 1. The fourth-order valence-electron chi connectivity index (χ4n) is 4.59. The van der Waals surface area contributed by atoms with E-state index in [1.54, 1.807) is 12.5 Å². The first kappa shape index (κ1) is 21.9. The van der Waals surface area contributed by atoms with Gasteiger partial charge in [-0.1, -0.05) is 36.4 Å². The summed E-state index contributed by atoms with van der Waals surface area (Å²) >= 11 is 3.62. The van der Waals surface area contributed by atoms with Crippen LogP contribution in [0.3, 0.4) is 0 Å². The molecule has 1 atom stereocenters. The molecule has 1 saturated heterocycles. The molecule has 0 aliphatic carbocycles. The maximum atomic E-state index is 5.55. The minimum absolute atomic E-state index is 0.565. The lowest BCUT2D eigenvalue weighted by atomic mass is 9.98. The van der Waals surface area contributed by atoms with Crippen molar-refractivity contribution in [3.8, 4) is 11.3 Å². The van der Waals surface area contributed by atoms with E-state index >= 15 is 0 Å². The Labute approximate surface area is 202 Å². The molecule has 1 unspecified atom stereocenters. The van der Waals surface area contributed by atoms with Crippen molar-refractivity contribution < 1.29 is 4.42 Å². The molecule has 0 bridgehead atoms. The predicted molar refractivity (Wildman–Crippen MR) is 136 cm³/mol. The lowest BCUT2D eigenvalue weighted by Gasteiger charge is -2.32. The van der Waals surface area contributed by atoms with Crippen molar-refractivity contribution in [2.75, 3.05) is 25.0 Å². The zero-order valence-electron chi connectivity index (χ0n) is 18.7. The zero-order chi connectivity index (χ0) is 22.6. The van der Waals surface area contributed by atoms with E-state index in [1.807, 2.05) is 17.5 Å². The first-order chi connectivity index (χ1) is 16.2. The van der Waals surface area contributed by atoms with Gasteiger partial charge in [-0.05, 0) is 65.9 Å². The third-order valence-electron chi connectivity index (χ3n) is 6.15. The van der Waals surface area contributed by atoms with Gasteiger partial charge < -0.3 is 9.73 Å². The molecule has 1 aliphatic heterocycles. The zero-order valence-corrected chi connectivity index (χ0v) is 20.3. The number of hydrogen-bond acceptors (Lipinski definition) is 5. The van der Waals surface area contributed by atoms with Gasteiger partial charge in [-0.2, -0.15) is 9.61 Å². The number of nitrogens with zero attached hydrogens (tertiary/aromatic N) is 4. The van der Waals surface area contributed by atoms with Gasteiger partial charge >= 0.3 is 0 Å². The van der Waals surface area contributed by atoms with Crippen LogP contribution in [-0.2, 0) is 6.54 Å². The summed E-state index contributed by atoms with van der Waals surface area (Å²) in [6.07, 6.45) is 10.2. The van der Waals surface area contributed by atoms with E-state index < -0.39 is 0 Å². The van der Waals surface area contributed by atoms with Crippen LogP contribution in [0.15, 0.2) is 69.9 Å². The second kappa shape index (κ2) is 9.93. The Bertz CT molecular complexity index is 1250.